The first-order chi connectivity index (χ1) is 13.2. The quantitative estimate of drug-likeness (QED) is 0.440. The van der Waals surface area contributed by atoms with Gasteiger partial charge < -0.3 is 5.73 Å². The first-order valence-corrected chi connectivity index (χ1v) is 9.40. The van der Waals surface area contributed by atoms with Gasteiger partial charge in [-0.15, -0.1) is 0 Å². The Morgan fingerprint density at radius 3 is 2.56 bits per heavy atom. The lowest BCUT2D eigenvalue weighted by molar-refractivity contribution is 0.608. The summed E-state index contributed by atoms with van der Waals surface area (Å²) in [6, 6.07) is 14.6. The Morgan fingerprint density at radius 1 is 1.11 bits per heavy atom. The molecule has 137 valence electrons. The summed E-state index contributed by atoms with van der Waals surface area (Å²) in [4.78, 5) is 8.86. The average molecular weight is 381 g/mol. The van der Waals surface area contributed by atoms with Gasteiger partial charge in [-0.25, -0.2) is 9.38 Å². The van der Waals surface area contributed by atoms with E-state index in [-0.39, 0.29) is 11.9 Å². The second-order valence-corrected chi connectivity index (χ2v) is 6.84. The Balaban J connectivity index is 1.99. The number of halogens is 2. The number of allylic oxidation sites excluding steroid dienone is 1. The standard InChI is InChI=1S/C21H21BClFN3/c23-20(13-26-14-25)21(27-19-8-10-22-11-9-19)17-3-1-2-16(12-17)15-4-6-18(24)7-5-15/h1-7,12-14,19H,8-11H2,(H2,25,26)/b20-13+,27-21?. The van der Waals surface area contributed by atoms with Crippen LogP contribution in [0, 0.1) is 5.82 Å². The Morgan fingerprint density at radius 2 is 1.85 bits per heavy atom. The van der Waals surface area contributed by atoms with Crippen LogP contribution < -0.4 is 5.73 Å². The number of aliphatic imine (C=N–C) groups is 2. The van der Waals surface area contributed by atoms with Gasteiger partial charge in [0.2, 0.25) is 0 Å². The fourth-order valence-electron chi connectivity index (χ4n) is 3.15. The van der Waals surface area contributed by atoms with Gasteiger partial charge in [-0.1, -0.05) is 54.6 Å². The molecular weight excluding hydrogens is 360 g/mol. The Kier molecular flexibility index (Phi) is 6.83. The van der Waals surface area contributed by atoms with E-state index in [2.05, 4.69) is 12.3 Å². The summed E-state index contributed by atoms with van der Waals surface area (Å²) in [5, 5.41) is 0.447. The highest BCUT2D eigenvalue weighted by Crippen LogP contribution is 2.25. The van der Waals surface area contributed by atoms with Crippen molar-refractivity contribution >= 4 is 30.9 Å². The van der Waals surface area contributed by atoms with E-state index in [0.717, 1.165) is 42.2 Å². The average Bonchev–Trinajstić information content (AvgIpc) is 2.71. The van der Waals surface area contributed by atoms with Gasteiger partial charge in [-0.05, 0) is 42.2 Å². The predicted octanol–water partition coefficient (Wildman–Crippen LogP) is 5.05. The lowest BCUT2D eigenvalue weighted by Crippen LogP contribution is -2.16. The van der Waals surface area contributed by atoms with Gasteiger partial charge in [0.15, 0.2) is 0 Å². The van der Waals surface area contributed by atoms with Crippen LogP contribution in [0.2, 0.25) is 12.6 Å². The van der Waals surface area contributed by atoms with E-state index in [1.54, 1.807) is 12.1 Å². The molecular formula is C21H21BClFN3. The third-order valence-electron chi connectivity index (χ3n) is 4.53. The molecule has 6 heteroatoms. The molecule has 0 saturated carbocycles. The van der Waals surface area contributed by atoms with Crippen LogP contribution in [0.4, 0.5) is 4.39 Å². The molecule has 1 radical (unpaired) electrons. The number of rotatable bonds is 5. The van der Waals surface area contributed by atoms with Gasteiger partial charge in [0.1, 0.15) is 13.1 Å². The maximum atomic E-state index is 13.2. The molecule has 1 saturated heterocycles. The fourth-order valence-corrected chi connectivity index (χ4v) is 3.37. The van der Waals surface area contributed by atoms with E-state index in [1.807, 2.05) is 24.3 Å². The molecule has 2 aromatic rings. The van der Waals surface area contributed by atoms with E-state index in [4.69, 9.17) is 22.3 Å². The first kappa shape index (κ1) is 19.4. The van der Waals surface area contributed by atoms with Crippen LogP contribution in [-0.4, -0.2) is 25.4 Å². The molecule has 3 nitrogen and oxygen atoms in total. The minimum Gasteiger partial charge on any atom is -0.390 e. The molecule has 1 aliphatic rings. The molecule has 1 aliphatic heterocycles. The number of hydrogen-bond donors (Lipinski definition) is 1. The van der Waals surface area contributed by atoms with E-state index >= 15 is 0 Å². The second-order valence-electron chi connectivity index (χ2n) is 6.44. The summed E-state index contributed by atoms with van der Waals surface area (Å²) in [6.45, 7) is 0. The third kappa shape index (κ3) is 5.30. The first-order valence-electron chi connectivity index (χ1n) is 9.02. The van der Waals surface area contributed by atoms with Crippen LogP contribution in [0.3, 0.4) is 0 Å². The number of benzene rings is 2. The van der Waals surface area contributed by atoms with Gasteiger partial charge in [0, 0.05) is 17.8 Å². The van der Waals surface area contributed by atoms with Gasteiger partial charge in [0.25, 0.3) is 0 Å². The Bertz CT molecular complexity index is 856. The van der Waals surface area contributed by atoms with Crippen LogP contribution in [-0.2, 0) is 0 Å². The van der Waals surface area contributed by atoms with E-state index in [1.165, 1.54) is 24.7 Å². The van der Waals surface area contributed by atoms with Crippen molar-refractivity contribution in [2.24, 2.45) is 15.7 Å². The van der Waals surface area contributed by atoms with Gasteiger partial charge in [0.05, 0.1) is 17.1 Å². The van der Waals surface area contributed by atoms with Crippen molar-refractivity contribution in [2.75, 3.05) is 0 Å². The van der Waals surface area contributed by atoms with Gasteiger partial charge in [-0.2, -0.15) is 0 Å². The van der Waals surface area contributed by atoms with Crippen LogP contribution in [0.15, 0.2) is 69.7 Å². The van der Waals surface area contributed by atoms with Crippen LogP contribution >= 0.6 is 11.6 Å². The molecule has 0 amide bonds. The molecule has 27 heavy (non-hydrogen) atoms. The van der Waals surface area contributed by atoms with E-state index in [0.29, 0.717) is 10.7 Å². The molecule has 0 atom stereocenters. The zero-order valence-electron chi connectivity index (χ0n) is 15.0. The normalized spacial score (nSPS) is 16.5. The fraction of sp³-hybridized carbons (Fsp3) is 0.238. The molecule has 1 heterocycles. The largest absolute Gasteiger partial charge is 0.390 e. The van der Waals surface area contributed by atoms with Crippen LogP contribution in [0.25, 0.3) is 11.1 Å². The lowest BCUT2D eigenvalue weighted by Gasteiger charge is -2.19. The molecule has 0 unspecified atom stereocenters. The zero-order chi connectivity index (χ0) is 19.1. The highest BCUT2D eigenvalue weighted by molar-refractivity contribution is 6.46. The highest BCUT2D eigenvalue weighted by Gasteiger charge is 2.16. The summed E-state index contributed by atoms with van der Waals surface area (Å²) >= 11 is 6.50. The van der Waals surface area contributed by atoms with Crippen molar-refractivity contribution in [3.05, 3.63) is 71.1 Å². The number of nitrogens with two attached hydrogens (primary N) is 1. The topological polar surface area (TPSA) is 50.7 Å². The minimum absolute atomic E-state index is 0.239. The van der Waals surface area contributed by atoms with Gasteiger partial charge in [-0.3, -0.25) is 4.99 Å². The molecule has 0 spiro atoms. The Hall–Kier alpha value is -2.40. The summed E-state index contributed by atoms with van der Waals surface area (Å²) in [6.07, 6.45) is 6.89. The summed E-state index contributed by atoms with van der Waals surface area (Å²) in [5.41, 5.74) is 8.86. The summed E-state index contributed by atoms with van der Waals surface area (Å²) in [7, 11) is 2.30. The number of nitrogens with zero attached hydrogens (tertiary/aromatic N) is 2. The maximum Gasteiger partial charge on any atom is 0.123 e. The van der Waals surface area contributed by atoms with Crippen molar-refractivity contribution in [1.29, 1.82) is 0 Å². The minimum atomic E-state index is -0.253. The van der Waals surface area contributed by atoms with Crippen molar-refractivity contribution in [3.8, 4) is 11.1 Å². The predicted molar refractivity (Wildman–Crippen MR) is 113 cm³/mol. The van der Waals surface area contributed by atoms with Gasteiger partial charge >= 0.3 is 0 Å². The second kappa shape index (κ2) is 9.51. The molecule has 0 aromatic heterocycles. The molecule has 0 aliphatic carbocycles. The molecule has 1 fully saturated rings. The van der Waals surface area contributed by atoms with Crippen molar-refractivity contribution in [1.82, 2.24) is 0 Å². The third-order valence-corrected chi connectivity index (χ3v) is 4.81. The number of hydrogen-bond acceptors (Lipinski definition) is 2. The highest BCUT2D eigenvalue weighted by atomic mass is 35.5. The molecule has 0 bridgehead atoms. The lowest BCUT2D eigenvalue weighted by atomic mass is 9.63. The summed E-state index contributed by atoms with van der Waals surface area (Å²) in [5.74, 6) is -0.253. The SMILES string of the molecule is NC=N/C=C(/Cl)C(=NC1CC[B]CC1)c1cccc(-c2ccc(F)cc2)c1. The van der Waals surface area contributed by atoms with Crippen LogP contribution in [0.5, 0.6) is 0 Å². The zero-order valence-corrected chi connectivity index (χ0v) is 15.7. The van der Waals surface area contributed by atoms with Crippen molar-refractivity contribution in [2.45, 2.75) is 31.5 Å². The van der Waals surface area contributed by atoms with E-state index < -0.39 is 0 Å². The van der Waals surface area contributed by atoms with Crippen molar-refractivity contribution in [3.63, 3.8) is 0 Å². The van der Waals surface area contributed by atoms with Crippen molar-refractivity contribution < 1.29 is 4.39 Å². The molecule has 3 rings (SSSR count). The smallest absolute Gasteiger partial charge is 0.123 e. The Labute approximate surface area is 165 Å². The monoisotopic (exact) mass is 380 g/mol. The van der Waals surface area contributed by atoms with Crippen LogP contribution in [0.1, 0.15) is 18.4 Å². The maximum absolute atomic E-state index is 13.2. The molecule has 2 N–H and O–H groups in total. The molecule has 2 aromatic carbocycles. The van der Waals surface area contributed by atoms with E-state index in [9.17, 15) is 4.39 Å². The summed E-state index contributed by atoms with van der Waals surface area (Å²) < 4.78 is 13.2.